The van der Waals surface area contributed by atoms with Crippen LogP contribution < -0.4 is 21.7 Å². The van der Waals surface area contributed by atoms with Crippen molar-refractivity contribution in [3.63, 3.8) is 0 Å². The molecule has 1 aromatic carbocycles. The Labute approximate surface area is 123 Å². The zero-order chi connectivity index (χ0) is 14.4. The molecule has 1 heterocycles. The molecule has 6 heteroatoms. The number of nitrogens with one attached hydrogen (secondary N) is 1. The Morgan fingerprint density at radius 1 is 1.40 bits per heavy atom. The number of hydrogen-bond acceptors (Lipinski definition) is 5. The third-order valence-corrected chi connectivity index (χ3v) is 4.22. The molecule has 0 radical (unpaired) electrons. The van der Waals surface area contributed by atoms with E-state index in [1.807, 2.05) is 23.9 Å². The number of halogens is 1. The topological polar surface area (TPSA) is 67.3 Å². The average Bonchev–Trinajstić information content (AvgIpc) is 2.73. The maximum atomic E-state index is 14.2. The third-order valence-electron chi connectivity index (χ3n) is 3.17. The molecule has 1 aliphatic rings. The van der Waals surface area contributed by atoms with Gasteiger partial charge in [0, 0.05) is 43.0 Å². The Balaban J connectivity index is 2.08. The highest BCUT2D eigenvalue weighted by Crippen LogP contribution is 2.25. The first-order valence-corrected chi connectivity index (χ1v) is 7.89. The molecule has 0 amide bonds. The minimum atomic E-state index is -0.207. The van der Waals surface area contributed by atoms with Gasteiger partial charge in [0.15, 0.2) is 0 Å². The van der Waals surface area contributed by atoms with Crippen molar-refractivity contribution in [1.29, 1.82) is 0 Å². The molecule has 0 aliphatic carbocycles. The predicted molar refractivity (Wildman–Crippen MR) is 85.5 cm³/mol. The molecular formula is C14H21FN4S. The van der Waals surface area contributed by atoms with Gasteiger partial charge in [0.25, 0.3) is 0 Å². The van der Waals surface area contributed by atoms with Gasteiger partial charge in [-0.05, 0) is 30.4 Å². The van der Waals surface area contributed by atoms with Crippen LogP contribution in [0.1, 0.15) is 6.42 Å². The second-order valence-electron chi connectivity index (χ2n) is 4.69. The lowest BCUT2D eigenvalue weighted by molar-refractivity contribution is 0.619. The van der Waals surface area contributed by atoms with E-state index < -0.39 is 0 Å². The summed E-state index contributed by atoms with van der Waals surface area (Å²) in [6.45, 7) is 2.09. The van der Waals surface area contributed by atoms with Gasteiger partial charge in [-0.25, -0.2) is 4.39 Å². The molecule has 0 saturated carbocycles. The van der Waals surface area contributed by atoms with E-state index in [1.54, 1.807) is 6.20 Å². The van der Waals surface area contributed by atoms with Crippen molar-refractivity contribution in [2.24, 2.45) is 11.5 Å². The van der Waals surface area contributed by atoms with E-state index in [2.05, 4.69) is 10.2 Å². The molecule has 20 heavy (non-hydrogen) atoms. The number of nitrogens with zero attached hydrogens (tertiary/aromatic N) is 1. The Hall–Kier alpha value is -1.40. The SMILES string of the molecule is NC/C(N)=C/Nc1ccc(N2CCCSCC2)c(F)c1. The van der Waals surface area contributed by atoms with Crippen LogP contribution in [-0.4, -0.2) is 31.1 Å². The fraction of sp³-hybridized carbons (Fsp3) is 0.429. The highest BCUT2D eigenvalue weighted by atomic mass is 32.2. The van der Waals surface area contributed by atoms with Gasteiger partial charge in [0.2, 0.25) is 0 Å². The molecule has 0 bridgehead atoms. The van der Waals surface area contributed by atoms with E-state index in [0.29, 0.717) is 17.1 Å². The molecule has 1 aromatic rings. The molecule has 110 valence electrons. The van der Waals surface area contributed by atoms with Crippen LogP contribution in [0, 0.1) is 5.82 Å². The van der Waals surface area contributed by atoms with E-state index in [9.17, 15) is 4.39 Å². The molecule has 4 nitrogen and oxygen atoms in total. The van der Waals surface area contributed by atoms with Crippen molar-refractivity contribution in [3.05, 3.63) is 35.9 Å². The smallest absolute Gasteiger partial charge is 0.148 e. The summed E-state index contributed by atoms with van der Waals surface area (Å²) in [5.41, 5.74) is 12.9. The van der Waals surface area contributed by atoms with Crippen LogP contribution in [0.2, 0.25) is 0 Å². The summed E-state index contributed by atoms with van der Waals surface area (Å²) in [5.74, 6) is 2.00. The zero-order valence-electron chi connectivity index (χ0n) is 11.4. The van der Waals surface area contributed by atoms with Crippen molar-refractivity contribution in [1.82, 2.24) is 0 Å². The van der Waals surface area contributed by atoms with Gasteiger partial charge in [-0.15, -0.1) is 0 Å². The summed E-state index contributed by atoms with van der Waals surface area (Å²) < 4.78 is 14.2. The summed E-state index contributed by atoms with van der Waals surface area (Å²) >= 11 is 1.93. The van der Waals surface area contributed by atoms with Crippen molar-refractivity contribution in [2.45, 2.75) is 6.42 Å². The molecule has 2 rings (SSSR count). The highest BCUT2D eigenvalue weighted by Gasteiger charge is 2.14. The Kier molecular flexibility index (Phi) is 5.55. The predicted octanol–water partition coefficient (Wildman–Crippen LogP) is 1.94. The number of benzene rings is 1. The summed E-state index contributed by atoms with van der Waals surface area (Å²) in [6, 6.07) is 5.17. The number of anilines is 2. The van der Waals surface area contributed by atoms with Crippen molar-refractivity contribution in [3.8, 4) is 0 Å². The van der Waals surface area contributed by atoms with Gasteiger partial charge in [0.05, 0.1) is 5.69 Å². The lowest BCUT2D eigenvalue weighted by Crippen LogP contribution is -2.26. The van der Waals surface area contributed by atoms with E-state index in [-0.39, 0.29) is 12.4 Å². The lowest BCUT2D eigenvalue weighted by Gasteiger charge is -2.23. The summed E-state index contributed by atoms with van der Waals surface area (Å²) in [6.07, 6.45) is 2.69. The summed E-state index contributed by atoms with van der Waals surface area (Å²) in [7, 11) is 0. The number of nitrogens with two attached hydrogens (primary N) is 2. The van der Waals surface area contributed by atoms with Crippen LogP contribution in [0.4, 0.5) is 15.8 Å². The van der Waals surface area contributed by atoms with E-state index in [1.165, 1.54) is 6.07 Å². The monoisotopic (exact) mass is 296 g/mol. The van der Waals surface area contributed by atoms with Crippen molar-refractivity contribution >= 4 is 23.1 Å². The number of rotatable bonds is 4. The Morgan fingerprint density at radius 3 is 3.00 bits per heavy atom. The fourth-order valence-electron chi connectivity index (χ4n) is 2.08. The van der Waals surface area contributed by atoms with Gasteiger partial charge < -0.3 is 21.7 Å². The van der Waals surface area contributed by atoms with Crippen molar-refractivity contribution in [2.75, 3.05) is 41.4 Å². The lowest BCUT2D eigenvalue weighted by atomic mass is 10.2. The maximum Gasteiger partial charge on any atom is 0.148 e. The second-order valence-corrected chi connectivity index (χ2v) is 5.91. The van der Waals surface area contributed by atoms with Gasteiger partial charge >= 0.3 is 0 Å². The van der Waals surface area contributed by atoms with Gasteiger partial charge in [-0.1, -0.05) is 0 Å². The first kappa shape index (κ1) is 15.0. The molecule has 5 N–H and O–H groups in total. The molecular weight excluding hydrogens is 275 g/mol. The molecule has 1 aliphatic heterocycles. The minimum absolute atomic E-state index is 0.207. The largest absolute Gasteiger partial charge is 0.400 e. The fourth-order valence-corrected chi connectivity index (χ4v) is 2.96. The second kappa shape index (κ2) is 7.40. The van der Waals surface area contributed by atoms with Crippen LogP contribution in [0.25, 0.3) is 0 Å². The molecule has 0 atom stereocenters. The first-order chi connectivity index (χ1) is 9.70. The average molecular weight is 296 g/mol. The standard InChI is InChI=1S/C14H21FN4S/c15-13-8-12(18-10-11(17)9-16)2-3-14(13)19-4-1-6-20-7-5-19/h2-3,8,10,18H,1,4-7,9,16-17H2/b11-10-. The number of thioether (sulfide) groups is 1. The molecule has 1 saturated heterocycles. The normalized spacial score (nSPS) is 16.9. The van der Waals surface area contributed by atoms with Crippen LogP contribution in [0.15, 0.2) is 30.1 Å². The quantitative estimate of drug-likeness (QED) is 0.792. The molecule has 0 aromatic heterocycles. The molecule has 0 unspecified atom stereocenters. The van der Waals surface area contributed by atoms with Gasteiger partial charge in [-0.2, -0.15) is 11.8 Å². The van der Waals surface area contributed by atoms with E-state index in [4.69, 9.17) is 11.5 Å². The van der Waals surface area contributed by atoms with Gasteiger partial charge in [-0.3, -0.25) is 0 Å². The van der Waals surface area contributed by atoms with E-state index in [0.717, 1.165) is 31.0 Å². The Bertz CT molecular complexity index is 470. The minimum Gasteiger partial charge on any atom is -0.400 e. The number of hydrogen-bond donors (Lipinski definition) is 3. The molecule has 1 fully saturated rings. The Morgan fingerprint density at radius 2 is 2.25 bits per heavy atom. The van der Waals surface area contributed by atoms with Crippen LogP contribution in [-0.2, 0) is 0 Å². The highest BCUT2D eigenvalue weighted by molar-refractivity contribution is 7.99. The third kappa shape index (κ3) is 4.05. The van der Waals surface area contributed by atoms with Crippen molar-refractivity contribution < 1.29 is 4.39 Å². The maximum absolute atomic E-state index is 14.2. The molecule has 0 spiro atoms. The van der Waals surface area contributed by atoms with Crippen LogP contribution in [0.3, 0.4) is 0 Å². The van der Waals surface area contributed by atoms with Crippen LogP contribution >= 0.6 is 11.8 Å². The van der Waals surface area contributed by atoms with Crippen LogP contribution in [0.5, 0.6) is 0 Å². The van der Waals surface area contributed by atoms with E-state index >= 15 is 0 Å². The van der Waals surface area contributed by atoms with Gasteiger partial charge in [0.1, 0.15) is 5.82 Å². The zero-order valence-corrected chi connectivity index (χ0v) is 12.3. The summed E-state index contributed by atoms with van der Waals surface area (Å²) in [5, 5.41) is 2.95. The summed E-state index contributed by atoms with van der Waals surface area (Å²) in [4.78, 5) is 2.11. The first-order valence-electron chi connectivity index (χ1n) is 6.74.